The predicted molar refractivity (Wildman–Crippen MR) is 90.8 cm³/mol. The number of rotatable bonds is 4. The summed E-state index contributed by atoms with van der Waals surface area (Å²) in [6.45, 7) is 2.54. The summed E-state index contributed by atoms with van der Waals surface area (Å²) in [5.74, 6) is 0.281. The van der Waals surface area contributed by atoms with Crippen LogP contribution >= 0.6 is 11.3 Å². The quantitative estimate of drug-likeness (QED) is 0.751. The molecule has 25 heavy (non-hydrogen) atoms. The third-order valence-electron chi connectivity index (χ3n) is 4.12. The minimum Gasteiger partial charge on any atom is -0.378 e. The Morgan fingerprint density at radius 3 is 3.04 bits per heavy atom. The highest BCUT2D eigenvalue weighted by molar-refractivity contribution is 7.13. The van der Waals surface area contributed by atoms with Gasteiger partial charge in [0.2, 0.25) is 11.0 Å². The number of fused-ring (bicyclic) bond motifs is 1. The summed E-state index contributed by atoms with van der Waals surface area (Å²) in [6.07, 6.45) is 4.10. The van der Waals surface area contributed by atoms with Gasteiger partial charge in [0.05, 0.1) is 18.3 Å². The summed E-state index contributed by atoms with van der Waals surface area (Å²) < 4.78 is 12.8. The fourth-order valence-corrected chi connectivity index (χ4v) is 3.77. The molecule has 10 heteroatoms. The van der Waals surface area contributed by atoms with Crippen molar-refractivity contribution in [2.24, 2.45) is 0 Å². The molecule has 1 amide bonds. The maximum Gasteiger partial charge on any atom is 0.233 e. The van der Waals surface area contributed by atoms with Crippen LogP contribution in [0, 0.1) is 0 Å². The first-order valence-corrected chi connectivity index (χ1v) is 8.51. The molecule has 4 heterocycles. The Bertz CT molecular complexity index is 930. The first-order valence-electron chi connectivity index (χ1n) is 7.70. The monoisotopic (exact) mass is 360 g/mol. The molecule has 1 atom stereocenters. The molecule has 4 rings (SSSR count). The van der Waals surface area contributed by atoms with E-state index in [2.05, 4.69) is 25.6 Å². The standard InChI is InChI=1S/C15H16N6O3S/c1-9(22)18-12-5-11-10(6-16-12)7-17-21(11)14-20-19-13(25-14)15(23-2)3-4-24-8-15/h5-7H,3-4,8H2,1-2H3,(H,16,18,22). The third kappa shape index (κ3) is 2.77. The molecule has 3 aromatic rings. The van der Waals surface area contributed by atoms with Gasteiger partial charge in [-0.2, -0.15) is 5.10 Å². The number of hydrogen-bond acceptors (Lipinski definition) is 8. The topological polar surface area (TPSA) is 104 Å². The lowest BCUT2D eigenvalue weighted by Gasteiger charge is -2.21. The molecule has 1 N–H and O–H groups in total. The highest BCUT2D eigenvalue weighted by atomic mass is 32.1. The van der Waals surface area contributed by atoms with Crippen LogP contribution in [-0.4, -0.2) is 51.2 Å². The largest absolute Gasteiger partial charge is 0.378 e. The molecule has 0 aliphatic carbocycles. The lowest BCUT2D eigenvalue weighted by Crippen LogP contribution is -2.28. The van der Waals surface area contributed by atoms with Gasteiger partial charge in [-0.1, -0.05) is 11.3 Å². The number of amides is 1. The zero-order chi connectivity index (χ0) is 17.4. The number of carbonyl (C=O) groups excluding carboxylic acids is 1. The van der Waals surface area contributed by atoms with Crippen molar-refractivity contribution in [3.8, 4) is 5.13 Å². The van der Waals surface area contributed by atoms with Crippen molar-refractivity contribution in [1.29, 1.82) is 0 Å². The van der Waals surface area contributed by atoms with Crippen LogP contribution in [0.3, 0.4) is 0 Å². The number of methoxy groups -OCH3 is 1. The van der Waals surface area contributed by atoms with Crippen molar-refractivity contribution in [3.63, 3.8) is 0 Å². The Labute approximate surface area is 147 Å². The fraction of sp³-hybridized carbons (Fsp3) is 0.400. The summed E-state index contributed by atoms with van der Waals surface area (Å²) in [5, 5.41) is 17.8. The summed E-state index contributed by atoms with van der Waals surface area (Å²) >= 11 is 1.41. The molecule has 1 aliphatic rings. The van der Waals surface area contributed by atoms with Gasteiger partial charge in [0, 0.05) is 44.7 Å². The minimum atomic E-state index is -0.540. The molecule has 1 saturated heterocycles. The van der Waals surface area contributed by atoms with Crippen molar-refractivity contribution in [3.05, 3.63) is 23.5 Å². The minimum absolute atomic E-state index is 0.181. The summed E-state index contributed by atoms with van der Waals surface area (Å²) in [7, 11) is 1.66. The summed E-state index contributed by atoms with van der Waals surface area (Å²) in [5.41, 5.74) is 0.248. The number of nitrogens with one attached hydrogen (secondary N) is 1. The predicted octanol–water partition coefficient (Wildman–Crippen LogP) is 1.49. The normalized spacial score (nSPS) is 20.2. The molecular weight excluding hydrogens is 344 g/mol. The van der Waals surface area contributed by atoms with Crippen LogP contribution < -0.4 is 5.32 Å². The number of hydrogen-bond donors (Lipinski definition) is 1. The van der Waals surface area contributed by atoms with Crippen LogP contribution in [0.4, 0.5) is 5.82 Å². The number of anilines is 1. The molecule has 0 radical (unpaired) electrons. The average Bonchev–Trinajstić information content (AvgIpc) is 3.32. The van der Waals surface area contributed by atoms with Crippen LogP contribution in [0.1, 0.15) is 18.4 Å². The second-order valence-corrected chi connectivity index (χ2v) is 6.71. The number of pyridine rings is 1. The van der Waals surface area contributed by atoms with Gasteiger partial charge in [0.1, 0.15) is 11.4 Å². The first kappa shape index (κ1) is 16.1. The highest BCUT2D eigenvalue weighted by Gasteiger charge is 2.40. The van der Waals surface area contributed by atoms with Crippen molar-refractivity contribution >= 4 is 34.0 Å². The number of nitrogens with zero attached hydrogens (tertiary/aromatic N) is 5. The first-order chi connectivity index (χ1) is 12.1. The molecule has 0 saturated carbocycles. The van der Waals surface area contributed by atoms with Gasteiger partial charge in [-0.25, -0.2) is 9.67 Å². The molecular formula is C15H16N6O3S. The molecule has 1 unspecified atom stereocenters. The van der Waals surface area contributed by atoms with Crippen LogP contribution in [0.25, 0.3) is 16.0 Å². The van der Waals surface area contributed by atoms with E-state index in [1.54, 1.807) is 30.3 Å². The Kier molecular flexibility index (Phi) is 3.94. The Balaban J connectivity index is 1.74. The molecule has 1 aliphatic heterocycles. The van der Waals surface area contributed by atoms with Crippen molar-refractivity contribution in [2.75, 3.05) is 25.6 Å². The zero-order valence-corrected chi connectivity index (χ0v) is 14.5. The van der Waals surface area contributed by atoms with E-state index in [1.807, 2.05) is 0 Å². The van der Waals surface area contributed by atoms with Gasteiger partial charge in [0.15, 0.2) is 5.01 Å². The summed E-state index contributed by atoms with van der Waals surface area (Å²) in [6, 6.07) is 1.76. The van der Waals surface area contributed by atoms with E-state index < -0.39 is 5.60 Å². The van der Waals surface area contributed by atoms with Crippen LogP contribution in [0.2, 0.25) is 0 Å². The van der Waals surface area contributed by atoms with Crippen molar-refractivity contribution in [2.45, 2.75) is 18.9 Å². The van der Waals surface area contributed by atoms with E-state index in [0.29, 0.717) is 24.2 Å². The number of aromatic nitrogens is 5. The Morgan fingerprint density at radius 1 is 1.44 bits per heavy atom. The zero-order valence-electron chi connectivity index (χ0n) is 13.7. The maximum atomic E-state index is 11.2. The van der Waals surface area contributed by atoms with Crippen LogP contribution in [0.15, 0.2) is 18.5 Å². The molecule has 1 fully saturated rings. The van der Waals surface area contributed by atoms with Crippen LogP contribution in [0.5, 0.6) is 0 Å². The van der Waals surface area contributed by atoms with Gasteiger partial charge >= 0.3 is 0 Å². The van der Waals surface area contributed by atoms with E-state index in [4.69, 9.17) is 9.47 Å². The van der Waals surface area contributed by atoms with E-state index in [1.165, 1.54) is 18.3 Å². The number of ether oxygens (including phenoxy) is 2. The number of carbonyl (C=O) groups is 1. The van der Waals surface area contributed by atoms with Gasteiger partial charge in [-0.3, -0.25) is 4.79 Å². The molecule has 0 aromatic carbocycles. The lowest BCUT2D eigenvalue weighted by molar-refractivity contribution is -0.114. The molecule has 9 nitrogen and oxygen atoms in total. The molecule has 3 aromatic heterocycles. The van der Waals surface area contributed by atoms with E-state index in [-0.39, 0.29) is 5.91 Å². The van der Waals surface area contributed by atoms with Gasteiger partial charge in [0.25, 0.3) is 0 Å². The van der Waals surface area contributed by atoms with Gasteiger partial charge in [-0.05, 0) is 0 Å². The molecule has 130 valence electrons. The van der Waals surface area contributed by atoms with E-state index >= 15 is 0 Å². The van der Waals surface area contributed by atoms with Crippen molar-refractivity contribution in [1.82, 2.24) is 25.0 Å². The maximum absolute atomic E-state index is 11.2. The van der Waals surface area contributed by atoms with Gasteiger partial charge in [-0.15, -0.1) is 10.2 Å². The van der Waals surface area contributed by atoms with Gasteiger partial charge < -0.3 is 14.8 Å². The smallest absolute Gasteiger partial charge is 0.233 e. The lowest BCUT2D eigenvalue weighted by atomic mass is 10.1. The van der Waals surface area contributed by atoms with E-state index in [0.717, 1.165) is 22.3 Å². The highest BCUT2D eigenvalue weighted by Crippen LogP contribution is 2.36. The third-order valence-corrected chi connectivity index (χ3v) is 5.20. The average molecular weight is 360 g/mol. The fourth-order valence-electron chi connectivity index (χ4n) is 2.77. The Morgan fingerprint density at radius 2 is 2.32 bits per heavy atom. The second kappa shape index (κ2) is 6.14. The SMILES string of the molecule is COC1(c2nnc(-n3ncc4cnc(NC(C)=O)cc43)s2)CCOC1. The Hall–Kier alpha value is -2.43. The van der Waals surface area contributed by atoms with Crippen LogP contribution in [-0.2, 0) is 19.9 Å². The van der Waals surface area contributed by atoms with E-state index in [9.17, 15) is 4.79 Å². The second-order valence-electron chi connectivity index (χ2n) is 5.76. The summed E-state index contributed by atoms with van der Waals surface area (Å²) in [4.78, 5) is 15.4. The molecule has 0 spiro atoms. The van der Waals surface area contributed by atoms with Crippen molar-refractivity contribution < 1.29 is 14.3 Å². The molecule has 0 bridgehead atoms.